The Labute approximate surface area is 232 Å². The van der Waals surface area contributed by atoms with E-state index in [1.165, 1.54) is 4.90 Å². The van der Waals surface area contributed by atoms with Gasteiger partial charge in [-0.15, -0.1) is 11.8 Å². The van der Waals surface area contributed by atoms with Crippen LogP contribution in [-0.4, -0.2) is 17.4 Å². The summed E-state index contributed by atoms with van der Waals surface area (Å²) in [6.07, 6.45) is -3.12. The largest absolute Gasteiger partial charge is 0.416 e. The predicted octanol–water partition coefficient (Wildman–Crippen LogP) is 8.50. The Bertz CT molecular complexity index is 1270. The SMILES string of the molecule is CCSc1ccc(CC(=O)Nc2ccc([C@H]3C(c4ccc(C(F)(F)F)cc4)CCC(=O)[C@@H]3C(C)C)cc2)cc1. The lowest BCUT2D eigenvalue weighted by Crippen LogP contribution is -2.35. The number of hydrogen-bond donors (Lipinski definition) is 1. The molecular formula is C32H34F3NO2S. The van der Waals surface area contributed by atoms with Crippen LogP contribution >= 0.6 is 11.8 Å². The molecule has 3 aromatic rings. The normalized spacial score (nSPS) is 19.8. The molecule has 0 bridgehead atoms. The third-order valence-electron chi connectivity index (χ3n) is 7.46. The summed E-state index contributed by atoms with van der Waals surface area (Å²) in [5.74, 6) is 0.682. The average Bonchev–Trinajstić information content (AvgIpc) is 2.89. The van der Waals surface area contributed by atoms with Gasteiger partial charge in [-0.1, -0.05) is 57.2 Å². The minimum absolute atomic E-state index is 0.0772. The topological polar surface area (TPSA) is 46.2 Å². The van der Waals surface area contributed by atoms with E-state index >= 15 is 0 Å². The van der Waals surface area contributed by atoms with Gasteiger partial charge in [-0.25, -0.2) is 0 Å². The highest BCUT2D eigenvalue weighted by molar-refractivity contribution is 7.99. The number of nitrogens with one attached hydrogen (secondary N) is 1. The van der Waals surface area contributed by atoms with E-state index in [9.17, 15) is 22.8 Å². The molecule has 3 aromatic carbocycles. The first-order valence-electron chi connectivity index (χ1n) is 13.4. The minimum Gasteiger partial charge on any atom is -0.326 e. The molecule has 1 aliphatic rings. The van der Waals surface area contributed by atoms with Crippen LogP contribution in [-0.2, 0) is 22.2 Å². The second-order valence-corrected chi connectivity index (χ2v) is 11.8. The quantitative estimate of drug-likeness (QED) is 0.285. The number of anilines is 1. The Balaban J connectivity index is 1.53. The van der Waals surface area contributed by atoms with Crippen LogP contribution in [0.3, 0.4) is 0 Å². The van der Waals surface area contributed by atoms with E-state index in [0.717, 1.165) is 34.6 Å². The molecule has 3 atom stereocenters. The van der Waals surface area contributed by atoms with Gasteiger partial charge < -0.3 is 5.32 Å². The molecule has 0 aliphatic heterocycles. The summed E-state index contributed by atoms with van der Waals surface area (Å²) in [6, 6.07) is 20.9. The molecule has 206 valence electrons. The fourth-order valence-electron chi connectivity index (χ4n) is 5.66. The molecule has 7 heteroatoms. The maximum absolute atomic E-state index is 13.1. The molecule has 0 spiro atoms. The van der Waals surface area contributed by atoms with Crippen molar-refractivity contribution in [3.8, 4) is 0 Å². The third kappa shape index (κ3) is 7.13. The average molecular weight is 554 g/mol. The van der Waals surface area contributed by atoms with Crippen LogP contribution in [0, 0.1) is 11.8 Å². The number of alkyl halides is 3. The third-order valence-corrected chi connectivity index (χ3v) is 8.35. The molecule has 1 unspecified atom stereocenters. The summed E-state index contributed by atoms with van der Waals surface area (Å²) in [4.78, 5) is 26.8. The van der Waals surface area contributed by atoms with Gasteiger partial charge in [0.1, 0.15) is 5.78 Å². The number of Topliss-reactive ketones (excluding diaryl/α,β-unsaturated/α-hetero) is 1. The fourth-order valence-corrected chi connectivity index (χ4v) is 6.33. The molecule has 0 saturated heterocycles. The van der Waals surface area contributed by atoms with Crippen molar-refractivity contribution in [1.29, 1.82) is 0 Å². The predicted molar refractivity (Wildman–Crippen MR) is 151 cm³/mol. The Hall–Kier alpha value is -3.06. The lowest BCUT2D eigenvalue weighted by Gasteiger charge is -2.40. The summed E-state index contributed by atoms with van der Waals surface area (Å²) >= 11 is 1.75. The number of carbonyl (C=O) groups excluding carboxylic acids is 2. The summed E-state index contributed by atoms with van der Waals surface area (Å²) < 4.78 is 39.4. The maximum atomic E-state index is 13.1. The van der Waals surface area contributed by atoms with Crippen LogP contribution < -0.4 is 5.32 Å². The molecule has 1 amide bonds. The molecule has 0 radical (unpaired) electrons. The second kappa shape index (κ2) is 12.4. The van der Waals surface area contributed by atoms with Crippen LogP contribution in [0.5, 0.6) is 0 Å². The number of rotatable bonds is 8. The monoisotopic (exact) mass is 553 g/mol. The Morgan fingerprint density at radius 3 is 2.13 bits per heavy atom. The molecule has 0 aromatic heterocycles. The first kappa shape index (κ1) is 28.9. The lowest BCUT2D eigenvalue weighted by molar-refractivity contribution is -0.137. The number of hydrogen-bond acceptors (Lipinski definition) is 3. The van der Waals surface area contributed by atoms with E-state index in [4.69, 9.17) is 0 Å². The summed E-state index contributed by atoms with van der Waals surface area (Å²) in [5.41, 5.74) is 2.69. The van der Waals surface area contributed by atoms with Gasteiger partial charge in [-0.2, -0.15) is 13.2 Å². The van der Waals surface area contributed by atoms with Gasteiger partial charge in [0.05, 0.1) is 12.0 Å². The van der Waals surface area contributed by atoms with Crippen molar-refractivity contribution in [2.45, 2.75) is 62.9 Å². The highest BCUT2D eigenvalue weighted by Crippen LogP contribution is 2.49. The van der Waals surface area contributed by atoms with Crippen molar-refractivity contribution in [3.05, 3.63) is 95.1 Å². The van der Waals surface area contributed by atoms with E-state index in [-0.39, 0.29) is 41.8 Å². The Morgan fingerprint density at radius 1 is 0.949 bits per heavy atom. The number of amides is 1. The van der Waals surface area contributed by atoms with Gasteiger partial charge in [0, 0.05) is 28.8 Å². The van der Waals surface area contributed by atoms with Crippen LogP contribution in [0.2, 0.25) is 0 Å². The molecule has 0 heterocycles. The highest BCUT2D eigenvalue weighted by Gasteiger charge is 2.42. The summed E-state index contributed by atoms with van der Waals surface area (Å²) in [7, 11) is 0. The fraction of sp³-hybridized carbons (Fsp3) is 0.375. The first-order valence-corrected chi connectivity index (χ1v) is 14.4. The molecular weight excluding hydrogens is 519 g/mol. The number of halogens is 3. The van der Waals surface area contributed by atoms with Crippen molar-refractivity contribution in [2.24, 2.45) is 11.8 Å². The van der Waals surface area contributed by atoms with Crippen LogP contribution in [0.25, 0.3) is 0 Å². The van der Waals surface area contributed by atoms with Gasteiger partial charge in [0.25, 0.3) is 0 Å². The van der Waals surface area contributed by atoms with E-state index in [2.05, 4.69) is 12.2 Å². The summed E-state index contributed by atoms with van der Waals surface area (Å²) in [6.45, 7) is 6.14. The van der Waals surface area contributed by atoms with Crippen LogP contribution in [0.4, 0.5) is 18.9 Å². The number of benzene rings is 3. The van der Waals surface area contributed by atoms with Crippen molar-refractivity contribution in [3.63, 3.8) is 0 Å². The summed E-state index contributed by atoms with van der Waals surface area (Å²) in [5, 5.41) is 2.95. The lowest BCUT2D eigenvalue weighted by atomic mass is 9.63. The van der Waals surface area contributed by atoms with Gasteiger partial charge in [-0.3, -0.25) is 9.59 Å². The highest BCUT2D eigenvalue weighted by atomic mass is 32.2. The molecule has 1 aliphatic carbocycles. The zero-order chi connectivity index (χ0) is 28.2. The zero-order valence-electron chi connectivity index (χ0n) is 22.4. The van der Waals surface area contributed by atoms with Gasteiger partial charge in [0.15, 0.2) is 0 Å². The van der Waals surface area contributed by atoms with Crippen LogP contribution in [0.1, 0.15) is 67.7 Å². The smallest absolute Gasteiger partial charge is 0.326 e. The van der Waals surface area contributed by atoms with Gasteiger partial charge in [0.2, 0.25) is 5.91 Å². The van der Waals surface area contributed by atoms with E-state index in [0.29, 0.717) is 18.5 Å². The van der Waals surface area contributed by atoms with E-state index in [1.54, 1.807) is 23.9 Å². The Kier molecular flexibility index (Phi) is 9.21. The molecule has 1 N–H and O–H groups in total. The Morgan fingerprint density at radius 2 is 1.56 bits per heavy atom. The number of carbonyl (C=O) groups is 2. The van der Waals surface area contributed by atoms with E-state index < -0.39 is 11.7 Å². The number of ketones is 1. The van der Waals surface area contributed by atoms with Crippen molar-refractivity contribution in [2.75, 3.05) is 11.1 Å². The molecule has 4 rings (SSSR count). The standard InChI is InChI=1S/C32H34F3NO2S/c1-4-39-26-15-5-21(6-16-26)19-29(38)36-25-13-9-23(10-14-25)31-27(17-18-28(37)30(31)20(2)3)22-7-11-24(12-8-22)32(33,34)35/h5-16,20,27,30-31H,4,17-19H2,1-3H3,(H,36,38)/t27?,30-,31-/m0/s1. The number of thioether (sulfide) groups is 1. The van der Waals surface area contributed by atoms with Gasteiger partial charge >= 0.3 is 6.18 Å². The second-order valence-electron chi connectivity index (χ2n) is 10.5. The van der Waals surface area contributed by atoms with Crippen molar-refractivity contribution < 1.29 is 22.8 Å². The van der Waals surface area contributed by atoms with Crippen molar-refractivity contribution in [1.82, 2.24) is 0 Å². The van der Waals surface area contributed by atoms with Gasteiger partial charge in [-0.05, 0) is 77.1 Å². The maximum Gasteiger partial charge on any atom is 0.416 e. The molecule has 39 heavy (non-hydrogen) atoms. The minimum atomic E-state index is -4.39. The molecule has 1 fully saturated rings. The zero-order valence-corrected chi connectivity index (χ0v) is 23.2. The van der Waals surface area contributed by atoms with Crippen LogP contribution in [0.15, 0.2) is 77.7 Å². The molecule has 1 saturated carbocycles. The first-order chi connectivity index (χ1) is 18.6. The molecule has 3 nitrogen and oxygen atoms in total. The van der Waals surface area contributed by atoms with E-state index in [1.807, 2.05) is 62.4 Å². The van der Waals surface area contributed by atoms with Crippen molar-refractivity contribution >= 4 is 29.1 Å².